The zero-order valence-corrected chi connectivity index (χ0v) is 32.1. The summed E-state index contributed by atoms with van der Waals surface area (Å²) in [6.45, 7) is 4.38. The minimum absolute atomic E-state index is 0.00543. The molecule has 1 unspecified atom stereocenters. The van der Waals surface area contributed by atoms with Crippen LogP contribution in [0.1, 0.15) is 126 Å². The third kappa shape index (κ3) is 12.5. The van der Waals surface area contributed by atoms with Crippen molar-refractivity contribution in [2.75, 3.05) is 13.2 Å². The lowest BCUT2D eigenvalue weighted by Crippen LogP contribution is -2.29. The summed E-state index contributed by atoms with van der Waals surface area (Å²) in [6.07, 6.45) is 24.2. The molecule has 4 rings (SSSR count). The van der Waals surface area contributed by atoms with Crippen LogP contribution in [0.5, 0.6) is 0 Å². The van der Waals surface area contributed by atoms with Gasteiger partial charge in [-0.2, -0.15) is 5.10 Å². The smallest absolute Gasteiger partial charge is 0.359 e. The van der Waals surface area contributed by atoms with Gasteiger partial charge in [0.25, 0.3) is 0 Å². The minimum atomic E-state index is -0.571. The van der Waals surface area contributed by atoms with E-state index in [-0.39, 0.29) is 24.8 Å². The fraction of sp³-hybridized carbons (Fsp3) is 0.537. The van der Waals surface area contributed by atoms with E-state index in [1.165, 1.54) is 83.5 Å². The maximum atomic E-state index is 13.2. The SMILES string of the molecule is CCCCCCCC/C=C/CCCCC(CCC(=O)NCCOC(=O)c1nn(-c2ccc(Cl)cc2Cl)c(-c2ccc(Cl)cc2)c1C)C1CCC1. The van der Waals surface area contributed by atoms with Crippen LogP contribution in [0.25, 0.3) is 16.9 Å². The molecule has 0 radical (unpaired) electrons. The quantitative estimate of drug-likeness (QED) is 0.0632. The Morgan fingerprint density at radius 3 is 2.28 bits per heavy atom. The summed E-state index contributed by atoms with van der Waals surface area (Å²) in [5.74, 6) is 0.807. The third-order valence-corrected chi connectivity index (χ3v) is 10.7. The third-order valence-electron chi connectivity index (χ3n) is 9.87. The summed E-state index contributed by atoms with van der Waals surface area (Å²) in [6, 6.07) is 12.4. The number of benzene rings is 2. The largest absolute Gasteiger partial charge is 0.459 e. The van der Waals surface area contributed by atoms with E-state index < -0.39 is 5.97 Å². The molecule has 0 spiro atoms. The van der Waals surface area contributed by atoms with Crippen LogP contribution in [0.3, 0.4) is 0 Å². The van der Waals surface area contributed by atoms with Gasteiger partial charge in [-0.15, -0.1) is 0 Å². The number of allylic oxidation sites excluding steroid dienone is 2. The van der Waals surface area contributed by atoms with Gasteiger partial charge in [0, 0.05) is 27.6 Å². The van der Waals surface area contributed by atoms with Crippen LogP contribution in [0.4, 0.5) is 0 Å². The van der Waals surface area contributed by atoms with E-state index >= 15 is 0 Å². The van der Waals surface area contributed by atoms with Crippen molar-refractivity contribution in [3.63, 3.8) is 0 Å². The molecule has 1 saturated carbocycles. The molecule has 1 amide bonds. The zero-order chi connectivity index (χ0) is 35.7. The average molecular weight is 743 g/mol. The van der Waals surface area contributed by atoms with Crippen LogP contribution in [0.2, 0.25) is 15.1 Å². The lowest BCUT2D eigenvalue weighted by molar-refractivity contribution is -0.121. The Kier molecular flexibility index (Phi) is 17.2. The molecule has 1 heterocycles. The van der Waals surface area contributed by atoms with Gasteiger partial charge in [0.1, 0.15) is 6.61 Å². The highest BCUT2D eigenvalue weighted by atomic mass is 35.5. The summed E-state index contributed by atoms with van der Waals surface area (Å²) in [7, 11) is 0. The van der Waals surface area contributed by atoms with Crippen molar-refractivity contribution in [2.24, 2.45) is 11.8 Å². The monoisotopic (exact) mass is 741 g/mol. The number of ether oxygens (including phenoxy) is 1. The summed E-state index contributed by atoms with van der Waals surface area (Å²) in [4.78, 5) is 26.0. The fourth-order valence-corrected chi connectivity index (χ4v) is 7.36. The molecule has 0 saturated heterocycles. The lowest BCUT2D eigenvalue weighted by atomic mass is 9.72. The molecule has 0 aliphatic heterocycles. The molecular weight excluding hydrogens is 689 g/mol. The number of hydrogen-bond donors (Lipinski definition) is 1. The highest BCUT2D eigenvalue weighted by Crippen LogP contribution is 2.38. The first-order chi connectivity index (χ1) is 24.3. The molecule has 1 aliphatic rings. The molecule has 2 aromatic carbocycles. The summed E-state index contributed by atoms with van der Waals surface area (Å²) < 4.78 is 7.20. The van der Waals surface area contributed by atoms with Crippen molar-refractivity contribution in [3.05, 3.63) is 80.9 Å². The van der Waals surface area contributed by atoms with E-state index in [2.05, 4.69) is 29.5 Å². The van der Waals surface area contributed by atoms with Crippen molar-refractivity contribution in [2.45, 2.75) is 117 Å². The number of nitrogens with one attached hydrogen (secondary N) is 1. The van der Waals surface area contributed by atoms with Gasteiger partial charge < -0.3 is 10.1 Å². The van der Waals surface area contributed by atoms with Crippen LogP contribution >= 0.6 is 34.8 Å². The van der Waals surface area contributed by atoms with Crippen molar-refractivity contribution >= 4 is 46.7 Å². The number of rotatable bonds is 22. The Labute approximate surface area is 314 Å². The highest BCUT2D eigenvalue weighted by molar-refractivity contribution is 6.35. The lowest BCUT2D eigenvalue weighted by Gasteiger charge is -2.34. The van der Waals surface area contributed by atoms with Gasteiger partial charge in [-0.25, -0.2) is 9.48 Å². The number of carbonyl (C=O) groups is 2. The maximum absolute atomic E-state index is 13.2. The second kappa shape index (κ2) is 21.5. The van der Waals surface area contributed by atoms with Gasteiger partial charge in [-0.3, -0.25) is 4.79 Å². The maximum Gasteiger partial charge on any atom is 0.359 e. The van der Waals surface area contributed by atoms with Crippen molar-refractivity contribution in [1.82, 2.24) is 15.1 Å². The molecule has 1 fully saturated rings. The van der Waals surface area contributed by atoms with Gasteiger partial charge in [-0.1, -0.05) is 130 Å². The molecule has 3 aromatic rings. The summed E-state index contributed by atoms with van der Waals surface area (Å²) >= 11 is 18.8. The second-order valence-electron chi connectivity index (χ2n) is 13.6. The van der Waals surface area contributed by atoms with Crippen LogP contribution in [-0.4, -0.2) is 34.8 Å². The standard InChI is InChI=1S/C41H54Cl3N3O3/c1-3-4-5-6-7-8-9-10-11-12-13-14-16-32(31-17-15-18-31)21-26-38(48)45-27-28-50-41(49)39-30(2)40(33-19-22-34(42)23-20-33)47(46-39)37-25-24-35(43)29-36(37)44/h10-11,19-20,22-25,29,31-32H,3-9,12-18,21,26-28H2,1-2H3,(H,45,48)/b11-10+. The number of aromatic nitrogens is 2. The van der Waals surface area contributed by atoms with Gasteiger partial charge in [-0.05, 0) is 81.2 Å². The molecule has 272 valence electrons. The second-order valence-corrected chi connectivity index (χ2v) is 14.9. The first kappa shape index (κ1) is 40.0. The van der Waals surface area contributed by atoms with Crippen molar-refractivity contribution in [3.8, 4) is 16.9 Å². The number of carbonyl (C=O) groups excluding carboxylic acids is 2. The van der Waals surface area contributed by atoms with Gasteiger partial charge in [0.05, 0.1) is 22.9 Å². The molecule has 1 aliphatic carbocycles. The number of amides is 1. The molecule has 0 bridgehead atoms. The molecular formula is C41H54Cl3N3O3. The molecule has 1 atom stereocenters. The highest BCUT2D eigenvalue weighted by Gasteiger charge is 2.27. The van der Waals surface area contributed by atoms with Crippen LogP contribution in [0.15, 0.2) is 54.6 Å². The van der Waals surface area contributed by atoms with E-state index in [4.69, 9.17) is 39.5 Å². The van der Waals surface area contributed by atoms with Crippen LogP contribution < -0.4 is 5.32 Å². The van der Waals surface area contributed by atoms with Crippen LogP contribution in [-0.2, 0) is 9.53 Å². The number of esters is 1. The number of unbranched alkanes of at least 4 members (excludes halogenated alkanes) is 8. The normalized spacial score (nSPS) is 13.8. The molecule has 9 heteroatoms. The molecule has 1 N–H and O–H groups in total. The molecule has 50 heavy (non-hydrogen) atoms. The minimum Gasteiger partial charge on any atom is -0.459 e. The number of hydrogen-bond acceptors (Lipinski definition) is 4. The van der Waals surface area contributed by atoms with E-state index in [0.717, 1.165) is 24.3 Å². The number of nitrogens with zero attached hydrogens (tertiary/aromatic N) is 2. The Balaban J connectivity index is 1.21. The van der Waals surface area contributed by atoms with E-state index in [1.54, 1.807) is 35.0 Å². The number of halogens is 3. The Bertz CT molecular complexity index is 1530. The van der Waals surface area contributed by atoms with E-state index in [9.17, 15) is 9.59 Å². The van der Waals surface area contributed by atoms with Crippen molar-refractivity contribution in [1.29, 1.82) is 0 Å². The molecule has 1 aromatic heterocycles. The Morgan fingerprint density at radius 1 is 0.920 bits per heavy atom. The molecule has 6 nitrogen and oxygen atoms in total. The predicted molar refractivity (Wildman–Crippen MR) is 208 cm³/mol. The van der Waals surface area contributed by atoms with Crippen LogP contribution in [0, 0.1) is 18.8 Å². The summed E-state index contributed by atoms with van der Waals surface area (Å²) in [5, 5.41) is 9.04. The van der Waals surface area contributed by atoms with E-state index in [0.29, 0.717) is 44.4 Å². The average Bonchev–Trinajstić information content (AvgIpc) is 3.41. The fourth-order valence-electron chi connectivity index (χ4n) is 6.75. The van der Waals surface area contributed by atoms with Gasteiger partial charge in [0.15, 0.2) is 5.69 Å². The zero-order valence-electron chi connectivity index (χ0n) is 29.8. The Morgan fingerprint density at radius 2 is 1.60 bits per heavy atom. The predicted octanol–water partition coefficient (Wildman–Crippen LogP) is 12.1. The topological polar surface area (TPSA) is 73.2 Å². The van der Waals surface area contributed by atoms with Gasteiger partial charge in [0.2, 0.25) is 5.91 Å². The Hall–Kier alpha value is -2.80. The van der Waals surface area contributed by atoms with Crippen molar-refractivity contribution < 1.29 is 14.3 Å². The first-order valence-electron chi connectivity index (χ1n) is 18.7. The summed E-state index contributed by atoms with van der Waals surface area (Å²) in [5.41, 5.74) is 2.88. The van der Waals surface area contributed by atoms with Gasteiger partial charge >= 0.3 is 5.97 Å². The van der Waals surface area contributed by atoms with E-state index in [1.807, 2.05) is 19.1 Å². The first-order valence-corrected chi connectivity index (χ1v) is 19.8.